The van der Waals surface area contributed by atoms with E-state index in [1.807, 2.05) is 60.7 Å². The Morgan fingerprint density at radius 2 is 1.59 bits per heavy atom. The van der Waals surface area contributed by atoms with Gasteiger partial charge in [-0.15, -0.1) is 0 Å². The zero-order valence-electron chi connectivity index (χ0n) is 11.8. The number of aromatic nitrogens is 1. The van der Waals surface area contributed by atoms with Crippen LogP contribution in [0.15, 0.2) is 77.7 Å². The molecule has 0 radical (unpaired) electrons. The van der Waals surface area contributed by atoms with E-state index in [2.05, 4.69) is 0 Å². The van der Waals surface area contributed by atoms with E-state index in [0.717, 1.165) is 21.9 Å². The minimum atomic E-state index is -0.409. The molecule has 0 saturated heterocycles. The number of nitrogens with zero attached hydrogens (tertiary/aromatic N) is 1. The van der Waals surface area contributed by atoms with Crippen LogP contribution >= 0.6 is 0 Å². The highest BCUT2D eigenvalue weighted by molar-refractivity contribution is 5.68. The lowest BCUT2D eigenvalue weighted by Crippen LogP contribution is -2.25. The number of hydrogen-bond donors (Lipinski definition) is 1. The third kappa shape index (κ3) is 3.01. The Bertz CT molecular complexity index is 811. The fraction of sp³-hybridized carbons (Fsp3) is 0.0556. The summed E-state index contributed by atoms with van der Waals surface area (Å²) in [4.78, 5) is 17.5. The smallest absolute Gasteiger partial charge is 0.286 e. The van der Waals surface area contributed by atoms with Crippen molar-refractivity contribution in [2.75, 3.05) is 0 Å². The van der Waals surface area contributed by atoms with Gasteiger partial charge in [-0.1, -0.05) is 60.7 Å². The summed E-state index contributed by atoms with van der Waals surface area (Å²) < 4.78 is 1.15. The Morgan fingerprint density at radius 3 is 2.27 bits per heavy atom. The summed E-state index contributed by atoms with van der Waals surface area (Å²) in [5, 5.41) is 9.99. The van der Waals surface area contributed by atoms with Gasteiger partial charge in [-0.05, 0) is 11.1 Å². The van der Waals surface area contributed by atoms with Crippen molar-refractivity contribution < 1.29 is 9.94 Å². The summed E-state index contributed by atoms with van der Waals surface area (Å²) in [7, 11) is 0. The van der Waals surface area contributed by atoms with Gasteiger partial charge in [-0.2, -0.15) is 4.73 Å². The molecule has 3 aromatic rings. The predicted molar refractivity (Wildman–Crippen MR) is 84.5 cm³/mol. The fourth-order valence-corrected chi connectivity index (χ4v) is 2.16. The van der Waals surface area contributed by atoms with E-state index in [4.69, 9.17) is 4.84 Å². The molecule has 0 fully saturated rings. The summed E-state index contributed by atoms with van der Waals surface area (Å²) in [5.74, 6) is -0.0595. The van der Waals surface area contributed by atoms with Crippen LogP contribution in [-0.2, 0) is 6.61 Å². The zero-order valence-corrected chi connectivity index (χ0v) is 11.8. The molecule has 22 heavy (non-hydrogen) atoms. The van der Waals surface area contributed by atoms with E-state index >= 15 is 0 Å². The lowest BCUT2D eigenvalue weighted by atomic mass is 10.1. The van der Waals surface area contributed by atoms with E-state index < -0.39 is 5.56 Å². The molecule has 0 aliphatic carbocycles. The van der Waals surface area contributed by atoms with Gasteiger partial charge in [-0.3, -0.25) is 4.79 Å². The van der Waals surface area contributed by atoms with E-state index in [9.17, 15) is 9.90 Å². The number of aromatic hydroxyl groups is 1. The standard InChI is InChI=1S/C18H15NO3/c20-17-11-18(21)19(22-13-14-7-3-1-4-8-14)12-16(17)15-9-5-2-6-10-15/h1-12,20H,13H2. The number of hydrogen-bond acceptors (Lipinski definition) is 3. The van der Waals surface area contributed by atoms with Crippen LogP contribution < -0.4 is 10.4 Å². The van der Waals surface area contributed by atoms with Crippen LogP contribution in [0.25, 0.3) is 11.1 Å². The van der Waals surface area contributed by atoms with Crippen molar-refractivity contribution in [2.45, 2.75) is 6.61 Å². The predicted octanol–water partition coefficient (Wildman–Crippen LogP) is 2.85. The average molecular weight is 293 g/mol. The van der Waals surface area contributed by atoms with Gasteiger partial charge in [0.1, 0.15) is 12.4 Å². The second-order valence-corrected chi connectivity index (χ2v) is 4.86. The first-order valence-corrected chi connectivity index (χ1v) is 6.92. The molecule has 2 aromatic carbocycles. The van der Waals surface area contributed by atoms with Crippen molar-refractivity contribution in [2.24, 2.45) is 0 Å². The van der Waals surface area contributed by atoms with Crippen LogP contribution in [0.5, 0.6) is 5.75 Å². The third-order valence-electron chi connectivity index (χ3n) is 3.30. The molecule has 1 aromatic heterocycles. The van der Waals surface area contributed by atoms with E-state index in [0.29, 0.717) is 5.56 Å². The van der Waals surface area contributed by atoms with Gasteiger partial charge < -0.3 is 9.94 Å². The second kappa shape index (κ2) is 6.18. The Kier molecular flexibility index (Phi) is 3.92. The van der Waals surface area contributed by atoms with E-state index in [-0.39, 0.29) is 12.4 Å². The molecule has 1 heterocycles. The third-order valence-corrected chi connectivity index (χ3v) is 3.30. The highest BCUT2D eigenvalue weighted by atomic mass is 16.7. The molecule has 4 nitrogen and oxygen atoms in total. The van der Waals surface area contributed by atoms with Crippen LogP contribution in [0.2, 0.25) is 0 Å². The van der Waals surface area contributed by atoms with Gasteiger partial charge in [0, 0.05) is 11.6 Å². The molecule has 0 aliphatic heterocycles. The fourth-order valence-electron chi connectivity index (χ4n) is 2.16. The van der Waals surface area contributed by atoms with Crippen molar-refractivity contribution in [3.63, 3.8) is 0 Å². The zero-order chi connectivity index (χ0) is 15.4. The summed E-state index contributed by atoms with van der Waals surface area (Å²) in [6.45, 7) is 0.278. The van der Waals surface area contributed by atoms with Crippen LogP contribution in [0.1, 0.15) is 5.56 Å². The molecular weight excluding hydrogens is 278 g/mol. The summed E-state index contributed by atoms with van der Waals surface area (Å²) in [6.07, 6.45) is 1.51. The van der Waals surface area contributed by atoms with Crippen molar-refractivity contribution >= 4 is 0 Å². The van der Waals surface area contributed by atoms with Gasteiger partial charge in [0.25, 0.3) is 5.56 Å². The Labute approximate surface area is 127 Å². The van der Waals surface area contributed by atoms with E-state index in [1.54, 1.807) is 0 Å². The highest BCUT2D eigenvalue weighted by Crippen LogP contribution is 2.26. The first-order chi connectivity index (χ1) is 10.7. The molecule has 4 heteroatoms. The minimum absolute atomic E-state index is 0.0595. The van der Waals surface area contributed by atoms with Crippen LogP contribution in [-0.4, -0.2) is 9.84 Å². The quantitative estimate of drug-likeness (QED) is 0.804. The van der Waals surface area contributed by atoms with Gasteiger partial charge in [0.15, 0.2) is 0 Å². The molecular formula is C18H15NO3. The maximum atomic E-state index is 11.9. The average Bonchev–Trinajstić information content (AvgIpc) is 2.56. The monoisotopic (exact) mass is 293 g/mol. The maximum Gasteiger partial charge on any atom is 0.286 e. The van der Waals surface area contributed by atoms with Crippen molar-refractivity contribution in [3.05, 3.63) is 88.8 Å². The normalized spacial score (nSPS) is 10.4. The molecule has 0 amide bonds. The first kappa shape index (κ1) is 13.9. The lowest BCUT2D eigenvalue weighted by molar-refractivity contribution is 0.0890. The molecule has 0 spiro atoms. The highest BCUT2D eigenvalue weighted by Gasteiger charge is 2.08. The van der Waals surface area contributed by atoms with Gasteiger partial charge >= 0.3 is 0 Å². The number of benzene rings is 2. The Hall–Kier alpha value is -3.01. The van der Waals surface area contributed by atoms with Crippen molar-refractivity contribution in [1.82, 2.24) is 4.73 Å². The summed E-state index contributed by atoms with van der Waals surface area (Å²) in [5.41, 5.74) is 1.92. The first-order valence-electron chi connectivity index (χ1n) is 6.92. The minimum Gasteiger partial charge on any atom is -0.507 e. The van der Waals surface area contributed by atoms with Gasteiger partial charge in [0.2, 0.25) is 0 Å². The molecule has 0 saturated carbocycles. The van der Waals surface area contributed by atoms with Crippen molar-refractivity contribution in [3.8, 4) is 16.9 Å². The summed E-state index contributed by atoms with van der Waals surface area (Å²) in [6, 6.07) is 20.1. The van der Waals surface area contributed by atoms with Gasteiger partial charge in [-0.25, -0.2) is 0 Å². The molecule has 3 rings (SSSR count). The van der Waals surface area contributed by atoms with E-state index in [1.165, 1.54) is 6.20 Å². The molecule has 0 bridgehead atoms. The summed E-state index contributed by atoms with van der Waals surface area (Å²) >= 11 is 0. The molecule has 0 unspecified atom stereocenters. The molecule has 0 aliphatic rings. The second-order valence-electron chi connectivity index (χ2n) is 4.86. The number of rotatable bonds is 4. The number of pyridine rings is 1. The molecule has 110 valence electrons. The maximum absolute atomic E-state index is 11.9. The topological polar surface area (TPSA) is 51.5 Å². The lowest BCUT2D eigenvalue weighted by Gasteiger charge is -2.11. The Balaban J connectivity index is 1.90. The molecule has 0 atom stereocenters. The van der Waals surface area contributed by atoms with Crippen LogP contribution in [0.4, 0.5) is 0 Å². The Morgan fingerprint density at radius 1 is 0.955 bits per heavy atom. The molecule has 1 N–H and O–H groups in total. The largest absolute Gasteiger partial charge is 0.507 e. The van der Waals surface area contributed by atoms with Crippen LogP contribution in [0.3, 0.4) is 0 Å². The van der Waals surface area contributed by atoms with Gasteiger partial charge in [0.05, 0.1) is 6.20 Å². The van der Waals surface area contributed by atoms with Crippen LogP contribution in [0, 0.1) is 0 Å². The SMILES string of the molecule is O=c1cc(O)c(-c2ccccc2)cn1OCc1ccccc1. The van der Waals surface area contributed by atoms with Crippen molar-refractivity contribution in [1.29, 1.82) is 0 Å².